The Morgan fingerprint density at radius 1 is 1.12 bits per heavy atom. The fourth-order valence-corrected chi connectivity index (χ4v) is 3.38. The number of ether oxygens (including phenoxy) is 2. The van der Waals surface area contributed by atoms with Crippen LogP contribution in [0.2, 0.25) is 0 Å². The molecule has 1 N–H and O–H groups in total. The zero-order valence-electron chi connectivity index (χ0n) is 15.2. The maximum Gasteiger partial charge on any atom is 0.203 e. The molecular formula is C20H21N3O2S. The highest BCUT2D eigenvalue weighted by atomic mass is 32.1. The minimum atomic E-state index is 0.649. The average Bonchev–Trinajstić information content (AvgIpc) is 3.10. The van der Waals surface area contributed by atoms with Gasteiger partial charge in [0.05, 0.1) is 26.1 Å². The Hall–Kier alpha value is -2.86. The van der Waals surface area contributed by atoms with Crippen molar-refractivity contribution in [3.8, 4) is 22.8 Å². The summed E-state index contributed by atoms with van der Waals surface area (Å²) in [6.45, 7) is 4.19. The van der Waals surface area contributed by atoms with Crippen LogP contribution in [0.4, 0.5) is 5.13 Å². The van der Waals surface area contributed by atoms with Gasteiger partial charge in [0.2, 0.25) is 5.13 Å². The number of hydrazone groups is 1. The summed E-state index contributed by atoms with van der Waals surface area (Å²) in [5.74, 6) is 1.32. The molecule has 0 aliphatic carbocycles. The third-order valence-electron chi connectivity index (χ3n) is 3.96. The first-order chi connectivity index (χ1) is 12.6. The van der Waals surface area contributed by atoms with Gasteiger partial charge in [0.1, 0.15) is 0 Å². The van der Waals surface area contributed by atoms with E-state index in [1.54, 1.807) is 20.4 Å². The molecule has 5 nitrogen and oxygen atoms in total. The summed E-state index contributed by atoms with van der Waals surface area (Å²) in [6, 6.07) is 12.0. The van der Waals surface area contributed by atoms with Gasteiger partial charge in [-0.2, -0.15) is 5.10 Å². The van der Waals surface area contributed by atoms with Gasteiger partial charge in [-0.1, -0.05) is 29.8 Å². The van der Waals surface area contributed by atoms with E-state index in [0.717, 1.165) is 22.0 Å². The highest BCUT2D eigenvalue weighted by Crippen LogP contribution is 2.30. The van der Waals surface area contributed by atoms with Gasteiger partial charge in [-0.3, -0.25) is 5.43 Å². The average molecular weight is 367 g/mol. The highest BCUT2D eigenvalue weighted by Gasteiger charge is 2.08. The number of thiazole rings is 1. The van der Waals surface area contributed by atoms with Crippen molar-refractivity contribution in [1.29, 1.82) is 0 Å². The molecule has 0 saturated carbocycles. The molecule has 0 saturated heterocycles. The number of rotatable bonds is 6. The van der Waals surface area contributed by atoms with Gasteiger partial charge in [0.25, 0.3) is 0 Å². The molecule has 0 fully saturated rings. The van der Waals surface area contributed by atoms with Gasteiger partial charge in [-0.15, -0.1) is 11.3 Å². The SMILES string of the molecule is COc1cccc(/C=N\Nc2nc(-c3ccc(C)cc3C)cs2)c1OC. The standard InChI is InChI=1S/C20H21N3O2S/c1-13-8-9-16(14(2)10-13)17-12-26-20(22-17)23-21-11-15-6-5-7-18(24-3)19(15)25-4/h5-12H,1-4H3,(H,22,23)/b21-11-. The van der Waals surface area contributed by atoms with Crippen LogP contribution in [-0.2, 0) is 0 Å². The molecule has 0 atom stereocenters. The lowest BCUT2D eigenvalue weighted by Gasteiger charge is -2.09. The Morgan fingerprint density at radius 3 is 2.69 bits per heavy atom. The zero-order valence-corrected chi connectivity index (χ0v) is 16.1. The summed E-state index contributed by atoms with van der Waals surface area (Å²) in [6.07, 6.45) is 1.69. The molecular weight excluding hydrogens is 346 g/mol. The number of benzene rings is 2. The number of anilines is 1. The Balaban J connectivity index is 1.75. The smallest absolute Gasteiger partial charge is 0.203 e. The lowest BCUT2D eigenvalue weighted by Crippen LogP contribution is -1.96. The minimum Gasteiger partial charge on any atom is -0.493 e. The molecule has 1 aromatic heterocycles. The predicted molar refractivity (Wildman–Crippen MR) is 108 cm³/mol. The Labute approximate surface area is 157 Å². The third kappa shape index (κ3) is 3.86. The fourth-order valence-electron chi connectivity index (χ4n) is 2.72. The minimum absolute atomic E-state index is 0.649. The van der Waals surface area contributed by atoms with Crippen LogP contribution in [0.3, 0.4) is 0 Å². The molecule has 2 aromatic carbocycles. The van der Waals surface area contributed by atoms with E-state index < -0.39 is 0 Å². The van der Waals surface area contributed by atoms with Crippen molar-refractivity contribution in [3.63, 3.8) is 0 Å². The summed E-state index contributed by atoms with van der Waals surface area (Å²) in [5, 5.41) is 7.04. The first-order valence-corrected chi connectivity index (χ1v) is 9.03. The van der Waals surface area contributed by atoms with E-state index in [-0.39, 0.29) is 0 Å². The molecule has 26 heavy (non-hydrogen) atoms. The number of hydrogen-bond donors (Lipinski definition) is 1. The first-order valence-electron chi connectivity index (χ1n) is 8.15. The van der Waals surface area contributed by atoms with Crippen molar-refractivity contribution >= 4 is 22.7 Å². The molecule has 134 valence electrons. The second-order valence-electron chi connectivity index (χ2n) is 5.81. The number of methoxy groups -OCH3 is 2. The summed E-state index contributed by atoms with van der Waals surface area (Å²) >= 11 is 1.52. The van der Waals surface area contributed by atoms with Crippen LogP contribution in [0, 0.1) is 13.8 Å². The number of hydrogen-bond acceptors (Lipinski definition) is 6. The fraction of sp³-hybridized carbons (Fsp3) is 0.200. The van der Waals surface area contributed by atoms with Crippen molar-refractivity contribution in [2.45, 2.75) is 13.8 Å². The van der Waals surface area contributed by atoms with Crippen LogP contribution >= 0.6 is 11.3 Å². The molecule has 6 heteroatoms. The van der Waals surface area contributed by atoms with E-state index in [1.807, 2.05) is 23.6 Å². The Morgan fingerprint density at radius 2 is 1.96 bits per heavy atom. The molecule has 1 heterocycles. The monoisotopic (exact) mass is 367 g/mol. The van der Waals surface area contributed by atoms with E-state index in [1.165, 1.54) is 22.5 Å². The van der Waals surface area contributed by atoms with Crippen molar-refractivity contribution in [1.82, 2.24) is 4.98 Å². The number of aryl methyl sites for hydroxylation is 2. The summed E-state index contributed by atoms with van der Waals surface area (Å²) in [5.41, 5.74) is 8.35. The lowest BCUT2D eigenvalue weighted by atomic mass is 10.0. The van der Waals surface area contributed by atoms with E-state index in [9.17, 15) is 0 Å². The molecule has 0 aliphatic heterocycles. The molecule has 3 aromatic rings. The van der Waals surface area contributed by atoms with Gasteiger partial charge in [0, 0.05) is 16.5 Å². The Kier molecular flexibility index (Phi) is 5.53. The number of nitrogens with zero attached hydrogens (tertiary/aromatic N) is 2. The number of nitrogens with one attached hydrogen (secondary N) is 1. The van der Waals surface area contributed by atoms with Crippen LogP contribution in [0.25, 0.3) is 11.3 Å². The maximum absolute atomic E-state index is 5.40. The van der Waals surface area contributed by atoms with Crippen LogP contribution in [0.5, 0.6) is 11.5 Å². The summed E-state index contributed by atoms with van der Waals surface area (Å²) in [4.78, 5) is 4.62. The third-order valence-corrected chi connectivity index (χ3v) is 4.71. The van der Waals surface area contributed by atoms with E-state index in [0.29, 0.717) is 11.5 Å². The number of aromatic nitrogens is 1. The van der Waals surface area contributed by atoms with E-state index in [4.69, 9.17) is 9.47 Å². The summed E-state index contributed by atoms with van der Waals surface area (Å²) in [7, 11) is 3.22. The van der Waals surface area contributed by atoms with Crippen molar-refractivity contribution in [2.75, 3.05) is 19.6 Å². The Bertz CT molecular complexity index is 935. The van der Waals surface area contributed by atoms with Crippen LogP contribution in [-0.4, -0.2) is 25.4 Å². The molecule has 0 bridgehead atoms. The quantitative estimate of drug-likeness (QED) is 0.498. The van der Waals surface area contributed by atoms with Gasteiger partial charge < -0.3 is 9.47 Å². The molecule has 0 unspecified atom stereocenters. The first kappa shape index (κ1) is 17.9. The van der Waals surface area contributed by atoms with Gasteiger partial charge in [-0.25, -0.2) is 4.98 Å². The van der Waals surface area contributed by atoms with Crippen molar-refractivity contribution in [3.05, 3.63) is 58.5 Å². The molecule has 0 aliphatic rings. The topological polar surface area (TPSA) is 55.7 Å². The zero-order chi connectivity index (χ0) is 18.5. The maximum atomic E-state index is 5.40. The van der Waals surface area contributed by atoms with Gasteiger partial charge in [-0.05, 0) is 31.5 Å². The van der Waals surface area contributed by atoms with Gasteiger partial charge >= 0.3 is 0 Å². The van der Waals surface area contributed by atoms with Gasteiger partial charge in [0.15, 0.2) is 11.5 Å². The van der Waals surface area contributed by atoms with E-state index in [2.05, 4.69) is 47.6 Å². The number of para-hydroxylation sites is 1. The van der Waals surface area contributed by atoms with Crippen molar-refractivity contribution in [2.24, 2.45) is 5.10 Å². The molecule has 0 spiro atoms. The van der Waals surface area contributed by atoms with Crippen LogP contribution in [0.15, 0.2) is 46.9 Å². The second-order valence-corrected chi connectivity index (χ2v) is 6.67. The summed E-state index contributed by atoms with van der Waals surface area (Å²) < 4.78 is 10.7. The van der Waals surface area contributed by atoms with Crippen LogP contribution < -0.4 is 14.9 Å². The molecule has 3 rings (SSSR count). The van der Waals surface area contributed by atoms with E-state index >= 15 is 0 Å². The molecule has 0 amide bonds. The molecule has 0 radical (unpaired) electrons. The van der Waals surface area contributed by atoms with Crippen LogP contribution in [0.1, 0.15) is 16.7 Å². The highest BCUT2D eigenvalue weighted by molar-refractivity contribution is 7.14. The normalized spacial score (nSPS) is 10.9. The van der Waals surface area contributed by atoms with Crippen molar-refractivity contribution < 1.29 is 9.47 Å². The lowest BCUT2D eigenvalue weighted by molar-refractivity contribution is 0.354. The largest absolute Gasteiger partial charge is 0.493 e. The second kappa shape index (κ2) is 8.01. The predicted octanol–water partition coefficient (Wildman–Crippen LogP) is 4.89.